The number of hydrogen-bond acceptors (Lipinski definition) is 2. The molecule has 1 unspecified atom stereocenters. The predicted octanol–water partition coefficient (Wildman–Crippen LogP) is 3.62. The van der Waals surface area contributed by atoms with Gasteiger partial charge in [-0.1, -0.05) is 0 Å². The second kappa shape index (κ2) is 4.61. The van der Waals surface area contributed by atoms with Crippen LogP contribution >= 0.6 is 0 Å². The lowest BCUT2D eigenvalue weighted by Crippen LogP contribution is -2.11. The van der Waals surface area contributed by atoms with Crippen molar-refractivity contribution in [3.63, 3.8) is 0 Å². The number of nitrogens with zero attached hydrogens (tertiary/aromatic N) is 1. The number of rotatable bonds is 3. The summed E-state index contributed by atoms with van der Waals surface area (Å²) < 4.78 is 7.60. The Morgan fingerprint density at radius 3 is 2.32 bits per heavy atom. The zero-order valence-electron chi connectivity index (χ0n) is 11.9. The molecule has 2 aromatic heterocycles. The van der Waals surface area contributed by atoms with Crippen LogP contribution in [0.2, 0.25) is 0 Å². The minimum atomic E-state index is -0.883. The van der Waals surface area contributed by atoms with Gasteiger partial charge in [0.1, 0.15) is 11.5 Å². The maximum atomic E-state index is 11.2. The average molecular weight is 261 g/mol. The molecule has 0 amide bonds. The van der Waals surface area contributed by atoms with Gasteiger partial charge < -0.3 is 14.1 Å². The summed E-state index contributed by atoms with van der Waals surface area (Å²) in [4.78, 5) is 11.2. The molecule has 0 saturated heterocycles. The van der Waals surface area contributed by atoms with Crippen molar-refractivity contribution in [3.05, 3.63) is 46.2 Å². The van der Waals surface area contributed by atoms with Gasteiger partial charge in [-0.3, -0.25) is 0 Å². The van der Waals surface area contributed by atoms with Crippen LogP contribution in [0.25, 0.3) is 0 Å². The summed E-state index contributed by atoms with van der Waals surface area (Å²) in [7, 11) is 0. The van der Waals surface area contributed by atoms with Gasteiger partial charge in [-0.05, 0) is 46.8 Å². The number of aryl methyl sites for hydroxylation is 3. The number of carboxylic acid groups (broad SMARTS) is 1. The third-order valence-electron chi connectivity index (χ3n) is 3.63. The van der Waals surface area contributed by atoms with Crippen LogP contribution in [-0.4, -0.2) is 15.6 Å². The maximum absolute atomic E-state index is 11.2. The summed E-state index contributed by atoms with van der Waals surface area (Å²) in [6.07, 6.45) is 0. The summed E-state index contributed by atoms with van der Waals surface area (Å²) in [5.41, 5.74) is 3.18. The molecule has 0 radical (unpaired) electrons. The summed E-state index contributed by atoms with van der Waals surface area (Å²) in [5.74, 6) is 0.876. The van der Waals surface area contributed by atoms with Gasteiger partial charge in [0, 0.05) is 17.0 Å². The van der Waals surface area contributed by atoms with Gasteiger partial charge in [-0.2, -0.15) is 0 Å². The highest BCUT2D eigenvalue weighted by Gasteiger charge is 2.21. The second-order valence-electron chi connectivity index (χ2n) is 5.00. The second-order valence-corrected chi connectivity index (χ2v) is 5.00. The lowest BCUT2D eigenvalue weighted by molar-refractivity contribution is 0.0696. The molecular weight excluding hydrogens is 242 g/mol. The lowest BCUT2D eigenvalue weighted by Gasteiger charge is -2.18. The molecular formula is C15H19NO3. The van der Waals surface area contributed by atoms with Gasteiger partial charge >= 0.3 is 5.97 Å². The van der Waals surface area contributed by atoms with Crippen molar-refractivity contribution in [2.75, 3.05) is 0 Å². The minimum Gasteiger partial charge on any atom is -0.478 e. The highest BCUT2D eigenvalue weighted by molar-refractivity contribution is 5.89. The Labute approximate surface area is 112 Å². The summed E-state index contributed by atoms with van der Waals surface area (Å²) in [6.45, 7) is 9.68. The molecule has 0 aliphatic heterocycles. The first-order valence-electron chi connectivity index (χ1n) is 6.31. The number of carbonyl (C=O) groups is 1. The van der Waals surface area contributed by atoms with E-state index in [9.17, 15) is 9.90 Å². The van der Waals surface area contributed by atoms with Crippen molar-refractivity contribution in [3.8, 4) is 0 Å². The molecule has 4 nitrogen and oxygen atoms in total. The first kappa shape index (κ1) is 13.5. The smallest absolute Gasteiger partial charge is 0.337 e. The molecule has 19 heavy (non-hydrogen) atoms. The molecule has 0 aromatic carbocycles. The van der Waals surface area contributed by atoms with Crippen LogP contribution in [-0.2, 0) is 0 Å². The van der Waals surface area contributed by atoms with E-state index in [2.05, 4.69) is 6.92 Å². The van der Waals surface area contributed by atoms with E-state index >= 15 is 0 Å². The molecule has 2 heterocycles. The van der Waals surface area contributed by atoms with Crippen molar-refractivity contribution < 1.29 is 14.3 Å². The van der Waals surface area contributed by atoms with Crippen molar-refractivity contribution in [2.24, 2.45) is 0 Å². The van der Waals surface area contributed by atoms with E-state index < -0.39 is 5.97 Å². The molecule has 2 rings (SSSR count). The first-order valence-corrected chi connectivity index (χ1v) is 6.31. The van der Waals surface area contributed by atoms with Crippen LogP contribution in [0.15, 0.2) is 16.5 Å². The monoisotopic (exact) mass is 261 g/mol. The van der Waals surface area contributed by atoms with E-state index in [0.717, 1.165) is 28.5 Å². The SMILES string of the molecule is Cc1cc(C(C)n2c(C)cc(C(=O)O)c2C)c(C)o1. The molecule has 0 aliphatic carbocycles. The number of carboxylic acids is 1. The third kappa shape index (κ3) is 2.18. The Morgan fingerprint density at radius 2 is 1.89 bits per heavy atom. The topological polar surface area (TPSA) is 55.4 Å². The largest absolute Gasteiger partial charge is 0.478 e. The van der Waals surface area contributed by atoms with E-state index in [4.69, 9.17) is 4.42 Å². The number of hydrogen-bond donors (Lipinski definition) is 1. The molecule has 0 bridgehead atoms. The molecule has 0 fully saturated rings. The van der Waals surface area contributed by atoms with Crippen molar-refractivity contribution >= 4 is 5.97 Å². The van der Waals surface area contributed by atoms with Gasteiger partial charge in [0.05, 0.1) is 11.6 Å². The van der Waals surface area contributed by atoms with Crippen molar-refractivity contribution in [2.45, 2.75) is 40.7 Å². The Balaban J connectivity index is 2.53. The Kier molecular flexibility index (Phi) is 3.27. The van der Waals surface area contributed by atoms with Crippen LogP contribution in [0.3, 0.4) is 0 Å². The van der Waals surface area contributed by atoms with Gasteiger partial charge in [0.15, 0.2) is 0 Å². The van der Waals surface area contributed by atoms with Crippen LogP contribution in [0.5, 0.6) is 0 Å². The fourth-order valence-corrected chi connectivity index (χ4v) is 2.79. The Hall–Kier alpha value is -1.97. The summed E-state index contributed by atoms with van der Waals surface area (Å²) >= 11 is 0. The molecule has 4 heteroatoms. The number of aromatic nitrogens is 1. The van der Waals surface area contributed by atoms with Crippen molar-refractivity contribution in [1.29, 1.82) is 0 Å². The zero-order chi connectivity index (χ0) is 14.3. The van der Waals surface area contributed by atoms with Crippen LogP contribution in [0, 0.1) is 27.7 Å². The summed E-state index contributed by atoms with van der Waals surface area (Å²) in [5, 5.41) is 9.18. The fraction of sp³-hybridized carbons (Fsp3) is 0.400. The van der Waals surface area contributed by atoms with E-state index in [1.54, 1.807) is 6.07 Å². The van der Waals surface area contributed by atoms with E-state index in [1.165, 1.54) is 0 Å². The minimum absolute atomic E-state index is 0.0607. The molecule has 0 spiro atoms. The van der Waals surface area contributed by atoms with Crippen molar-refractivity contribution in [1.82, 2.24) is 4.57 Å². The van der Waals surface area contributed by atoms with Crippen LogP contribution in [0.1, 0.15) is 51.8 Å². The molecule has 0 saturated carbocycles. The molecule has 1 atom stereocenters. The van der Waals surface area contributed by atoms with E-state index in [1.807, 2.05) is 38.3 Å². The number of aromatic carboxylic acids is 1. The zero-order valence-corrected chi connectivity index (χ0v) is 11.9. The molecule has 102 valence electrons. The van der Waals surface area contributed by atoms with Gasteiger partial charge in [0.2, 0.25) is 0 Å². The quantitative estimate of drug-likeness (QED) is 0.918. The predicted molar refractivity (Wildman–Crippen MR) is 72.9 cm³/mol. The standard InChI is InChI=1S/C15H19NO3/c1-8-6-14(15(17)18)11(4)16(8)10(3)13-7-9(2)19-12(13)5/h6-7,10H,1-5H3,(H,17,18). The molecule has 2 aromatic rings. The van der Waals surface area contributed by atoms with Crippen LogP contribution < -0.4 is 0 Å². The number of furan rings is 1. The highest BCUT2D eigenvalue weighted by Crippen LogP contribution is 2.29. The van der Waals surface area contributed by atoms with E-state index in [0.29, 0.717) is 5.56 Å². The van der Waals surface area contributed by atoms with Gasteiger partial charge in [0.25, 0.3) is 0 Å². The first-order chi connectivity index (χ1) is 8.82. The molecule has 1 N–H and O–H groups in total. The fourth-order valence-electron chi connectivity index (χ4n) is 2.79. The molecule has 0 aliphatic rings. The lowest BCUT2D eigenvalue weighted by atomic mass is 10.1. The third-order valence-corrected chi connectivity index (χ3v) is 3.63. The average Bonchev–Trinajstić information content (AvgIpc) is 2.78. The Morgan fingerprint density at radius 1 is 1.26 bits per heavy atom. The van der Waals surface area contributed by atoms with Gasteiger partial charge in [-0.25, -0.2) is 4.79 Å². The maximum Gasteiger partial charge on any atom is 0.337 e. The Bertz CT molecular complexity index is 634. The highest BCUT2D eigenvalue weighted by atomic mass is 16.4. The van der Waals surface area contributed by atoms with Gasteiger partial charge in [-0.15, -0.1) is 0 Å². The normalized spacial score (nSPS) is 12.7. The van der Waals surface area contributed by atoms with E-state index in [-0.39, 0.29) is 6.04 Å². The van der Waals surface area contributed by atoms with Crippen LogP contribution in [0.4, 0.5) is 0 Å². The summed E-state index contributed by atoms with van der Waals surface area (Å²) in [6, 6.07) is 3.79.